The SMILES string of the molecule is O=C(O)Oc1c(Br)cc(C=C2C(=O)Nc3ccc(Cl)cc32)cc1Br. The highest BCUT2D eigenvalue weighted by molar-refractivity contribution is 9.11. The van der Waals surface area contributed by atoms with Gasteiger partial charge in [0.05, 0.1) is 8.95 Å². The zero-order valence-electron chi connectivity index (χ0n) is 11.8. The maximum atomic E-state index is 12.2. The number of fused-ring (bicyclic) bond motifs is 1. The number of hydrogen-bond acceptors (Lipinski definition) is 3. The molecule has 2 aromatic carbocycles. The Morgan fingerprint density at radius 3 is 2.50 bits per heavy atom. The quantitative estimate of drug-likeness (QED) is 0.347. The molecule has 122 valence electrons. The van der Waals surface area contributed by atoms with E-state index < -0.39 is 6.16 Å². The lowest BCUT2D eigenvalue weighted by Crippen LogP contribution is -2.05. The van der Waals surface area contributed by atoms with Crippen molar-refractivity contribution in [3.05, 3.63) is 55.4 Å². The normalized spacial score (nSPS) is 14.5. The van der Waals surface area contributed by atoms with E-state index >= 15 is 0 Å². The maximum absolute atomic E-state index is 12.2. The fraction of sp³-hybridized carbons (Fsp3) is 0. The molecule has 5 nitrogen and oxygen atoms in total. The van der Waals surface area contributed by atoms with Gasteiger partial charge in [0.1, 0.15) is 0 Å². The Hall–Kier alpha value is -1.83. The van der Waals surface area contributed by atoms with Crippen LogP contribution < -0.4 is 10.1 Å². The molecule has 0 fully saturated rings. The van der Waals surface area contributed by atoms with Crippen molar-refractivity contribution in [3.63, 3.8) is 0 Å². The zero-order chi connectivity index (χ0) is 17.4. The molecule has 0 saturated carbocycles. The monoisotopic (exact) mass is 471 g/mol. The fourth-order valence-corrected chi connectivity index (χ4v) is 3.87. The van der Waals surface area contributed by atoms with Crippen molar-refractivity contribution in [2.75, 3.05) is 5.32 Å². The second-order valence-electron chi connectivity index (χ2n) is 4.88. The van der Waals surface area contributed by atoms with Crippen LogP contribution in [0.4, 0.5) is 10.5 Å². The number of rotatable bonds is 2. The summed E-state index contributed by atoms with van der Waals surface area (Å²) in [5.41, 5.74) is 2.56. The number of anilines is 1. The summed E-state index contributed by atoms with van der Waals surface area (Å²) in [4.78, 5) is 22.9. The minimum Gasteiger partial charge on any atom is -0.449 e. The molecule has 0 bridgehead atoms. The van der Waals surface area contributed by atoms with Gasteiger partial charge in [-0.2, -0.15) is 0 Å². The first-order valence-corrected chi connectivity index (χ1v) is 8.54. The Bertz CT molecular complexity index is 888. The van der Waals surface area contributed by atoms with Gasteiger partial charge in [-0.05, 0) is 73.8 Å². The van der Waals surface area contributed by atoms with Crippen LogP contribution in [0, 0.1) is 0 Å². The summed E-state index contributed by atoms with van der Waals surface area (Å²) in [6.07, 6.45) is 0.277. The summed E-state index contributed by atoms with van der Waals surface area (Å²) in [6.45, 7) is 0. The first-order valence-electron chi connectivity index (χ1n) is 6.58. The van der Waals surface area contributed by atoms with Gasteiger partial charge in [0, 0.05) is 21.8 Å². The predicted octanol–water partition coefficient (Wildman–Crippen LogP) is 5.41. The molecule has 24 heavy (non-hydrogen) atoms. The predicted molar refractivity (Wildman–Crippen MR) is 98.4 cm³/mol. The lowest BCUT2D eigenvalue weighted by atomic mass is 10.0. The molecule has 1 amide bonds. The van der Waals surface area contributed by atoms with E-state index in [0.717, 1.165) is 0 Å². The minimum absolute atomic E-state index is 0.143. The van der Waals surface area contributed by atoms with Gasteiger partial charge >= 0.3 is 6.16 Å². The average molecular weight is 474 g/mol. The summed E-state index contributed by atoms with van der Waals surface area (Å²) in [7, 11) is 0. The number of halogens is 3. The Labute approximate surface area is 158 Å². The number of hydrogen-bond donors (Lipinski definition) is 2. The largest absolute Gasteiger partial charge is 0.511 e. The summed E-state index contributed by atoms with van der Waals surface area (Å²) in [5, 5.41) is 12.0. The van der Waals surface area contributed by atoms with E-state index in [1.54, 1.807) is 36.4 Å². The molecule has 0 aliphatic carbocycles. The van der Waals surface area contributed by atoms with Gasteiger partial charge in [-0.25, -0.2) is 4.79 Å². The van der Waals surface area contributed by atoms with Crippen molar-refractivity contribution in [3.8, 4) is 5.75 Å². The fourth-order valence-electron chi connectivity index (χ4n) is 2.32. The van der Waals surface area contributed by atoms with Crippen LogP contribution in [0.5, 0.6) is 5.75 Å². The van der Waals surface area contributed by atoms with E-state index in [4.69, 9.17) is 21.4 Å². The van der Waals surface area contributed by atoms with Gasteiger partial charge in [-0.1, -0.05) is 11.6 Å². The van der Waals surface area contributed by atoms with Gasteiger partial charge in [-0.15, -0.1) is 0 Å². The zero-order valence-corrected chi connectivity index (χ0v) is 15.7. The lowest BCUT2D eigenvalue weighted by Gasteiger charge is -2.07. The van der Waals surface area contributed by atoms with Crippen LogP contribution in [-0.4, -0.2) is 17.2 Å². The summed E-state index contributed by atoms with van der Waals surface area (Å²) >= 11 is 12.5. The number of carboxylic acid groups (broad SMARTS) is 1. The molecule has 0 unspecified atom stereocenters. The van der Waals surface area contributed by atoms with E-state index in [9.17, 15) is 9.59 Å². The Morgan fingerprint density at radius 2 is 1.88 bits per heavy atom. The molecule has 1 aliphatic rings. The van der Waals surface area contributed by atoms with Gasteiger partial charge in [0.2, 0.25) is 0 Å². The topological polar surface area (TPSA) is 75.6 Å². The molecule has 0 aromatic heterocycles. The van der Waals surface area contributed by atoms with Crippen LogP contribution in [0.3, 0.4) is 0 Å². The van der Waals surface area contributed by atoms with Crippen LogP contribution >= 0.6 is 43.5 Å². The summed E-state index contributed by atoms with van der Waals surface area (Å²) < 4.78 is 5.58. The second-order valence-corrected chi connectivity index (χ2v) is 7.03. The lowest BCUT2D eigenvalue weighted by molar-refractivity contribution is -0.110. The van der Waals surface area contributed by atoms with E-state index in [1.807, 2.05) is 0 Å². The highest BCUT2D eigenvalue weighted by atomic mass is 79.9. The molecule has 0 radical (unpaired) electrons. The van der Waals surface area contributed by atoms with Crippen molar-refractivity contribution in [2.45, 2.75) is 0 Å². The maximum Gasteiger partial charge on any atom is 0.511 e. The molecule has 1 aliphatic heterocycles. The van der Waals surface area contributed by atoms with Gasteiger partial charge in [0.25, 0.3) is 5.91 Å². The van der Waals surface area contributed by atoms with Crippen molar-refractivity contribution >= 4 is 72.9 Å². The summed E-state index contributed by atoms with van der Waals surface area (Å²) in [5.74, 6) is -0.0886. The van der Waals surface area contributed by atoms with Crippen LogP contribution in [0.25, 0.3) is 11.6 Å². The number of carbonyl (C=O) groups is 2. The van der Waals surface area contributed by atoms with Gasteiger partial charge in [0.15, 0.2) is 5.75 Å². The number of benzene rings is 2. The van der Waals surface area contributed by atoms with E-state index in [-0.39, 0.29) is 11.7 Å². The van der Waals surface area contributed by atoms with Gasteiger partial charge in [-0.3, -0.25) is 4.79 Å². The van der Waals surface area contributed by atoms with Crippen LogP contribution in [0.2, 0.25) is 5.02 Å². The highest BCUT2D eigenvalue weighted by Crippen LogP contribution is 2.38. The molecule has 2 aromatic rings. The molecular weight excluding hydrogens is 465 g/mol. The second kappa shape index (κ2) is 6.58. The number of ether oxygens (including phenoxy) is 1. The van der Waals surface area contributed by atoms with E-state index in [0.29, 0.717) is 36.4 Å². The Balaban J connectivity index is 2.05. The molecule has 3 rings (SSSR count). The third-order valence-corrected chi connectivity index (χ3v) is 4.70. The molecule has 2 N–H and O–H groups in total. The first-order chi connectivity index (χ1) is 11.3. The molecule has 8 heteroatoms. The first kappa shape index (κ1) is 17.0. The smallest absolute Gasteiger partial charge is 0.449 e. The van der Waals surface area contributed by atoms with E-state index in [2.05, 4.69) is 37.2 Å². The van der Waals surface area contributed by atoms with Crippen LogP contribution in [-0.2, 0) is 4.79 Å². The Kier molecular flexibility index (Phi) is 4.67. The number of nitrogens with one attached hydrogen (secondary N) is 1. The van der Waals surface area contributed by atoms with Crippen molar-refractivity contribution in [1.29, 1.82) is 0 Å². The molecular formula is C16H8Br2ClNO4. The molecule has 1 heterocycles. The molecule has 0 saturated heterocycles. The van der Waals surface area contributed by atoms with Crippen molar-refractivity contribution in [2.24, 2.45) is 0 Å². The summed E-state index contributed by atoms with van der Waals surface area (Å²) in [6, 6.07) is 8.48. The van der Waals surface area contributed by atoms with Crippen LogP contribution in [0.15, 0.2) is 39.3 Å². The number of carbonyl (C=O) groups excluding carboxylic acids is 1. The average Bonchev–Trinajstić information content (AvgIpc) is 2.79. The van der Waals surface area contributed by atoms with Crippen molar-refractivity contribution in [1.82, 2.24) is 0 Å². The van der Waals surface area contributed by atoms with Crippen LogP contribution in [0.1, 0.15) is 11.1 Å². The molecule has 0 atom stereocenters. The molecule has 0 spiro atoms. The number of amides is 1. The Morgan fingerprint density at radius 1 is 1.21 bits per heavy atom. The van der Waals surface area contributed by atoms with Gasteiger partial charge < -0.3 is 15.2 Å². The van der Waals surface area contributed by atoms with Crippen molar-refractivity contribution < 1.29 is 19.4 Å². The highest BCUT2D eigenvalue weighted by Gasteiger charge is 2.24. The third-order valence-electron chi connectivity index (χ3n) is 3.29. The minimum atomic E-state index is -1.42. The third kappa shape index (κ3) is 3.33. The standard InChI is InChI=1S/C16H8Br2ClNO4/c17-11-4-7(5-12(18)14(11)24-16(22)23)3-10-9-6-8(19)1-2-13(9)20-15(10)21/h1-6H,(H,20,21)(H,22,23). The van der Waals surface area contributed by atoms with E-state index in [1.165, 1.54) is 0 Å².